The summed E-state index contributed by atoms with van der Waals surface area (Å²) in [6.07, 6.45) is 0. The molecule has 0 atom stereocenters. The van der Waals surface area contributed by atoms with Gasteiger partial charge in [-0.05, 0) is 29.3 Å². The Morgan fingerprint density at radius 3 is 2.31 bits per heavy atom. The highest BCUT2D eigenvalue weighted by atomic mass is 16.5. The zero-order valence-corrected chi connectivity index (χ0v) is 9.14. The first-order chi connectivity index (χ1) is 7.51. The molecule has 2 heteroatoms. The van der Waals surface area contributed by atoms with E-state index in [1.54, 1.807) is 19.1 Å². The molecule has 0 amide bonds. The summed E-state index contributed by atoms with van der Waals surface area (Å²) in [5, 5.41) is 21.8. The van der Waals surface area contributed by atoms with Crippen molar-refractivity contribution in [3.8, 4) is 0 Å². The van der Waals surface area contributed by atoms with Gasteiger partial charge in [0.2, 0.25) is 5.79 Å². The van der Waals surface area contributed by atoms with Crippen LogP contribution in [0.2, 0.25) is 0 Å². The SMILES string of the molecule is C=C(C)C(O)(O)c1ccc2ccccc2c1. The lowest BCUT2D eigenvalue weighted by Crippen LogP contribution is -2.25. The van der Waals surface area contributed by atoms with Gasteiger partial charge in [-0.1, -0.05) is 43.0 Å². The first kappa shape index (κ1) is 10.9. The van der Waals surface area contributed by atoms with Crippen LogP contribution in [-0.4, -0.2) is 10.2 Å². The summed E-state index contributed by atoms with van der Waals surface area (Å²) in [7, 11) is 0. The lowest BCUT2D eigenvalue weighted by Gasteiger charge is -2.22. The molecule has 2 rings (SSSR count). The van der Waals surface area contributed by atoms with Gasteiger partial charge in [-0.25, -0.2) is 0 Å². The third-order valence-electron chi connectivity index (χ3n) is 2.75. The van der Waals surface area contributed by atoms with E-state index in [1.165, 1.54) is 0 Å². The number of aliphatic hydroxyl groups is 2. The summed E-state index contributed by atoms with van der Waals surface area (Å²) in [6, 6.07) is 13.1. The molecule has 0 aliphatic rings. The molecule has 0 radical (unpaired) electrons. The Bertz CT molecular complexity index is 541. The molecular weight excluding hydrogens is 200 g/mol. The number of benzene rings is 2. The molecule has 0 saturated carbocycles. The van der Waals surface area contributed by atoms with E-state index in [1.807, 2.05) is 30.3 Å². The topological polar surface area (TPSA) is 40.5 Å². The van der Waals surface area contributed by atoms with E-state index in [2.05, 4.69) is 6.58 Å². The van der Waals surface area contributed by atoms with Crippen molar-refractivity contribution < 1.29 is 10.2 Å². The zero-order valence-electron chi connectivity index (χ0n) is 9.14. The first-order valence-corrected chi connectivity index (χ1v) is 5.12. The highest BCUT2D eigenvalue weighted by Crippen LogP contribution is 2.27. The summed E-state index contributed by atoms with van der Waals surface area (Å²) < 4.78 is 0. The molecule has 16 heavy (non-hydrogen) atoms. The van der Waals surface area contributed by atoms with Gasteiger partial charge in [0.15, 0.2) is 0 Å². The Balaban J connectivity index is 2.59. The standard InChI is InChI=1S/C14H14O2/c1-10(2)14(15,16)13-8-7-11-5-3-4-6-12(11)9-13/h3-9,15-16H,1H2,2H3. The minimum absolute atomic E-state index is 0.308. The molecule has 2 nitrogen and oxygen atoms in total. The molecule has 2 N–H and O–H groups in total. The van der Waals surface area contributed by atoms with Crippen molar-refractivity contribution in [3.63, 3.8) is 0 Å². The second-order valence-corrected chi connectivity index (χ2v) is 4.01. The van der Waals surface area contributed by atoms with Crippen LogP contribution in [0, 0.1) is 0 Å². The van der Waals surface area contributed by atoms with Crippen LogP contribution in [0.3, 0.4) is 0 Å². The third kappa shape index (κ3) is 1.73. The van der Waals surface area contributed by atoms with Crippen molar-refractivity contribution in [3.05, 3.63) is 60.2 Å². The molecule has 0 aliphatic heterocycles. The van der Waals surface area contributed by atoms with E-state index < -0.39 is 5.79 Å². The number of fused-ring (bicyclic) bond motifs is 1. The molecule has 0 heterocycles. The molecular formula is C14H14O2. The summed E-state index contributed by atoms with van der Waals surface area (Å²) >= 11 is 0. The van der Waals surface area contributed by atoms with Gasteiger partial charge in [0, 0.05) is 5.56 Å². The maximum Gasteiger partial charge on any atom is 0.212 e. The van der Waals surface area contributed by atoms with Crippen LogP contribution in [0.25, 0.3) is 10.8 Å². The third-order valence-corrected chi connectivity index (χ3v) is 2.75. The van der Waals surface area contributed by atoms with E-state index in [-0.39, 0.29) is 0 Å². The molecule has 0 bridgehead atoms. The van der Waals surface area contributed by atoms with Gasteiger partial charge in [-0.15, -0.1) is 0 Å². The molecule has 82 valence electrons. The number of rotatable bonds is 2. The van der Waals surface area contributed by atoms with Crippen molar-refractivity contribution in [1.29, 1.82) is 0 Å². The zero-order chi connectivity index (χ0) is 11.8. The van der Waals surface area contributed by atoms with Gasteiger partial charge in [0.25, 0.3) is 0 Å². The molecule has 0 saturated heterocycles. The van der Waals surface area contributed by atoms with Crippen molar-refractivity contribution in [2.45, 2.75) is 12.7 Å². The molecule has 0 spiro atoms. The molecule has 0 aliphatic carbocycles. The Labute approximate surface area is 94.5 Å². The lowest BCUT2D eigenvalue weighted by molar-refractivity contribution is -0.135. The van der Waals surface area contributed by atoms with Crippen LogP contribution in [-0.2, 0) is 5.79 Å². The van der Waals surface area contributed by atoms with E-state index >= 15 is 0 Å². The predicted molar refractivity (Wildman–Crippen MR) is 64.9 cm³/mol. The van der Waals surface area contributed by atoms with Crippen molar-refractivity contribution in [2.75, 3.05) is 0 Å². The average molecular weight is 214 g/mol. The second-order valence-electron chi connectivity index (χ2n) is 4.01. The summed E-state index contributed by atoms with van der Waals surface area (Å²) in [5.74, 6) is -1.95. The Kier molecular flexibility index (Phi) is 2.54. The van der Waals surface area contributed by atoms with Gasteiger partial charge < -0.3 is 10.2 Å². The van der Waals surface area contributed by atoms with Gasteiger partial charge in [-0.3, -0.25) is 0 Å². The van der Waals surface area contributed by atoms with Crippen molar-refractivity contribution in [2.24, 2.45) is 0 Å². The minimum atomic E-state index is -1.95. The van der Waals surface area contributed by atoms with Crippen LogP contribution in [0.1, 0.15) is 12.5 Å². The lowest BCUT2D eigenvalue weighted by atomic mass is 9.97. The Hall–Kier alpha value is -1.64. The van der Waals surface area contributed by atoms with Crippen LogP contribution in [0.15, 0.2) is 54.6 Å². The number of hydrogen-bond donors (Lipinski definition) is 2. The van der Waals surface area contributed by atoms with Gasteiger partial charge >= 0.3 is 0 Å². The summed E-state index contributed by atoms with van der Waals surface area (Å²) in [6.45, 7) is 5.18. The minimum Gasteiger partial charge on any atom is -0.359 e. The predicted octanol–water partition coefficient (Wildman–Crippen LogP) is 2.55. The molecule has 0 unspecified atom stereocenters. The Morgan fingerprint density at radius 2 is 1.69 bits per heavy atom. The largest absolute Gasteiger partial charge is 0.359 e. The van der Waals surface area contributed by atoms with Crippen molar-refractivity contribution in [1.82, 2.24) is 0 Å². The van der Waals surface area contributed by atoms with Gasteiger partial charge in [0.05, 0.1) is 0 Å². The van der Waals surface area contributed by atoms with Crippen LogP contribution >= 0.6 is 0 Å². The fraction of sp³-hybridized carbons (Fsp3) is 0.143. The van der Waals surface area contributed by atoms with Crippen LogP contribution in [0.4, 0.5) is 0 Å². The molecule has 0 aromatic heterocycles. The quantitative estimate of drug-likeness (QED) is 0.595. The smallest absolute Gasteiger partial charge is 0.212 e. The van der Waals surface area contributed by atoms with Crippen LogP contribution < -0.4 is 0 Å². The second kappa shape index (κ2) is 3.74. The summed E-state index contributed by atoms with van der Waals surface area (Å²) in [5.41, 5.74) is 0.751. The molecule has 2 aromatic rings. The van der Waals surface area contributed by atoms with Gasteiger partial charge in [-0.2, -0.15) is 0 Å². The summed E-state index contributed by atoms with van der Waals surface area (Å²) in [4.78, 5) is 0. The normalized spacial score (nSPS) is 11.7. The highest BCUT2D eigenvalue weighted by molar-refractivity contribution is 5.83. The fourth-order valence-electron chi connectivity index (χ4n) is 1.65. The van der Waals surface area contributed by atoms with E-state index in [0.717, 1.165) is 10.8 Å². The molecule has 2 aromatic carbocycles. The monoisotopic (exact) mass is 214 g/mol. The van der Waals surface area contributed by atoms with Crippen molar-refractivity contribution >= 4 is 10.8 Å². The van der Waals surface area contributed by atoms with E-state index in [9.17, 15) is 10.2 Å². The molecule has 0 fully saturated rings. The van der Waals surface area contributed by atoms with E-state index in [0.29, 0.717) is 11.1 Å². The maximum atomic E-state index is 9.88. The van der Waals surface area contributed by atoms with Gasteiger partial charge in [0.1, 0.15) is 0 Å². The first-order valence-electron chi connectivity index (χ1n) is 5.12. The highest BCUT2D eigenvalue weighted by Gasteiger charge is 2.26. The fourth-order valence-corrected chi connectivity index (χ4v) is 1.65. The maximum absolute atomic E-state index is 9.88. The van der Waals surface area contributed by atoms with E-state index in [4.69, 9.17) is 0 Å². The number of hydrogen-bond acceptors (Lipinski definition) is 2. The Morgan fingerprint density at radius 1 is 1.06 bits per heavy atom. The van der Waals surface area contributed by atoms with Crippen LogP contribution in [0.5, 0.6) is 0 Å². The average Bonchev–Trinajstić information content (AvgIpc) is 2.28.